The number of aryl methyl sites for hydroxylation is 1. The zero-order valence-electron chi connectivity index (χ0n) is 10.2. The van der Waals surface area contributed by atoms with Gasteiger partial charge in [0.15, 0.2) is 6.29 Å². The molecule has 0 radical (unpaired) electrons. The summed E-state index contributed by atoms with van der Waals surface area (Å²) in [5, 5.41) is 8.63. The maximum Gasteiger partial charge on any atom is 0.153 e. The number of carbonyl (C=O) groups is 1. The molecule has 0 atom stereocenters. The molecule has 0 spiro atoms. The summed E-state index contributed by atoms with van der Waals surface area (Å²) in [7, 11) is 0. The topological polar surface area (TPSA) is 50.1 Å². The van der Waals surface area contributed by atoms with E-state index < -0.39 is 5.82 Å². The minimum absolute atomic E-state index is 0.0492. The van der Waals surface area contributed by atoms with Crippen LogP contribution < -0.4 is 4.74 Å². The van der Waals surface area contributed by atoms with Crippen LogP contribution in [0.5, 0.6) is 11.5 Å². The summed E-state index contributed by atoms with van der Waals surface area (Å²) in [6, 6.07) is 10.8. The van der Waals surface area contributed by atoms with Crippen LogP contribution in [-0.2, 0) is 0 Å². The third-order valence-electron chi connectivity index (χ3n) is 2.58. The molecule has 0 bridgehead atoms. The van der Waals surface area contributed by atoms with Crippen LogP contribution >= 0.6 is 0 Å². The Morgan fingerprint density at radius 3 is 2.68 bits per heavy atom. The third kappa shape index (κ3) is 2.78. The Labute approximate surface area is 109 Å². The van der Waals surface area contributed by atoms with Crippen LogP contribution in [0.1, 0.15) is 21.5 Å². The lowest BCUT2D eigenvalue weighted by Crippen LogP contribution is -1.92. The molecule has 2 aromatic carbocycles. The highest BCUT2D eigenvalue weighted by atomic mass is 19.1. The largest absolute Gasteiger partial charge is 0.457 e. The highest BCUT2D eigenvalue weighted by molar-refractivity contribution is 5.79. The smallest absolute Gasteiger partial charge is 0.153 e. The predicted octanol–water partition coefficient (Wildman–Crippen LogP) is 3.61. The van der Waals surface area contributed by atoms with Gasteiger partial charge in [0.05, 0.1) is 11.1 Å². The van der Waals surface area contributed by atoms with Gasteiger partial charge in [-0.25, -0.2) is 4.39 Å². The molecule has 0 aromatic heterocycles. The number of halogens is 1. The van der Waals surface area contributed by atoms with Gasteiger partial charge in [-0.2, -0.15) is 5.26 Å². The Bertz CT molecular complexity index is 674. The molecule has 0 fully saturated rings. The van der Waals surface area contributed by atoms with E-state index in [9.17, 15) is 9.18 Å². The van der Waals surface area contributed by atoms with Crippen LogP contribution in [0.25, 0.3) is 0 Å². The van der Waals surface area contributed by atoms with Crippen LogP contribution in [0.2, 0.25) is 0 Å². The van der Waals surface area contributed by atoms with Gasteiger partial charge < -0.3 is 4.74 Å². The van der Waals surface area contributed by atoms with Crippen molar-refractivity contribution in [1.29, 1.82) is 5.26 Å². The molecule has 3 nitrogen and oxygen atoms in total. The summed E-state index contributed by atoms with van der Waals surface area (Å²) >= 11 is 0. The van der Waals surface area contributed by atoms with Gasteiger partial charge in [-0.05, 0) is 31.2 Å². The van der Waals surface area contributed by atoms with Crippen molar-refractivity contribution in [3.8, 4) is 17.6 Å². The lowest BCUT2D eigenvalue weighted by molar-refractivity contribution is 0.112. The molecule has 0 amide bonds. The first kappa shape index (κ1) is 12.8. The molecule has 94 valence electrons. The van der Waals surface area contributed by atoms with E-state index in [4.69, 9.17) is 10.00 Å². The molecule has 2 aromatic rings. The average molecular weight is 255 g/mol. The lowest BCUT2D eigenvalue weighted by Gasteiger charge is -2.09. The van der Waals surface area contributed by atoms with Gasteiger partial charge in [-0.15, -0.1) is 0 Å². The second-order valence-electron chi connectivity index (χ2n) is 4.01. The highest BCUT2D eigenvalue weighted by Crippen LogP contribution is 2.26. The Balaban J connectivity index is 2.34. The Morgan fingerprint density at radius 1 is 1.26 bits per heavy atom. The van der Waals surface area contributed by atoms with Gasteiger partial charge in [-0.1, -0.05) is 11.6 Å². The van der Waals surface area contributed by atoms with Crippen molar-refractivity contribution in [2.45, 2.75) is 6.92 Å². The van der Waals surface area contributed by atoms with Crippen molar-refractivity contribution < 1.29 is 13.9 Å². The van der Waals surface area contributed by atoms with Gasteiger partial charge in [-0.3, -0.25) is 4.79 Å². The lowest BCUT2D eigenvalue weighted by atomic mass is 10.1. The van der Waals surface area contributed by atoms with E-state index in [1.807, 2.05) is 6.92 Å². The molecule has 0 saturated heterocycles. The Morgan fingerprint density at radius 2 is 2.05 bits per heavy atom. The van der Waals surface area contributed by atoms with E-state index >= 15 is 0 Å². The summed E-state index contributed by atoms with van der Waals surface area (Å²) in [5.74, 6) is -0.0621. The number of carbonyl (C=O) groups excluding carboxylic acids is 1. The van der Waals surface area contributed by atoms with Gasteiger partial charge >= 0.3 is 0 Å². The summed E-state index contributed by atoms with van der Waals surface area (Å²) in [6.45, 7) is 1.86. The summed E-state index contributed by atoms with van der Waals surface area (Å²) in [6.07, 6.45) is 0.683. The van der Waals surface area contributed by atoms with Crippen LogP contribution in [-0.4, -0.2) is 6.29 Å². The number of hydrogen-bond donors (Lipinski definition) is 0. The summed E-state index contributed by atoms with van der Waals surface area (Å²) in [5.41, 5.74) is 1.28. The standard InChI is InChI=1S/C15H10FNO2/c1-10-2-5-15(12(6-10)9-18)19-13-4-3-11(8-17)14(16)7-13/h2-7,9H,1H3. The number of benzene rings is 2. The molecule has 0 unspecified atom stereocenters. The van der Waals surface area contributed by atoms with E-state index in [-0.39, 0.29) is 11.3 Å². The first-order valence-corrected chi connectivity index (χ1v) is 5.57. The van der Waals surface area contributed by atoms with E-state index in [1.54, 1.807) is 24.3 Å². The van der Waals surface area contributed by atoms with Crippen LogP contribution in [0.3, 0.4) is 0 Å². The molecule has 19 heavy (non-hydrogen) atoms. The number of rotatable bonds is 3. The molecular formula is C15H10FNO2. The van der Waals surface area contributed by atoms with Crippen molar-refractivity contribution in [2.24, 2.45) is 0 Å². The first-order chi connectivity index (χ1) is 9.13. The SMILES string of the molecule is Cc1ccc(Oc2ccc(C#N)c(F)c2)c(C=O)c1. The molecule has 4 heteroatoms. The minimum atomic E-state index is -0.653. The van der Waals surface area contributed by atoms with Gasteiger partial charge in [0.2, 0.25) is 0 Å². The van der Waals surface area contributed by atoms with Crippen LogP contribution in [0.15, 0.2) is 36.4 Å². The fourth-order valence-corrected chi connectivity index (χ4v) is 1.63. The average Bonchev–Trinajstić information content (AvgIpc) is 2.41. The van der Waals surface area contributed by atoms with Gasteiger partial charge in [0.1, 0.15) is 23.4 Å². The van der Waals surface area contributed by atoms with Crippen molar-refractivity contribution in [3.63, 3.8) is 0 Å². The Kier molecular flexibility index (Phi) is 3.58. The van der Waals surface area contributed by atoms with E-state index in [0.717, 1.165) is 11.6 Å². The minimum Gasteiger partial charge on any atom is -0.457 e. The first-order valence-electron chi connectivity index (χ1n) is 5.57. The molecule has 0 aliphatic heterocycles. The quantitative estimate of drug-likeness (QED) is 0.787. The second kappa shape index (κ2) is 5.32. The molecule has 0 aliphatic rings. The van der Waals surface area contributed by atoms with E-state index in [0.29, 0.717) is 17.6 Å². The number of nitrogens with zero attached hydrogens (tertiary/aromatic N) is 1. The molecule has 0 N–H and O–H groups in total. The number of nitriles is 1. The fourth-order valence-electron chi connectivity index (χ4n) is 1.63. The monoisotopic (exact) mass is 255 g/mol. The van der Waals surface area contributed by atoms with Crippen LogP contribution in [0, 0.1) is 24.1 Å². The normalized spacial score (nSPS) is 9.74. The van der Waals surface area contributed by atoms with Gasteiger partial charge in [0, 0.05) is 6.07 Å². The van der Waals surface area contributed by atoms with Crippen molar-refractivity contribution in [3.05, 3.63) is 58.9 Å². The molecule has 0 aliphatic carbocycles. The number of hydrogen-bond acceptors (Lipinski definition) is 3. The van der Waals surface area contributed by atoms with Crippen LogP contribution in [0.4, 0.5) is 4.39 Å². The fraction of sp³-hybridized carbons (Fsp3) is 0.0667. The number of ether oxygens (including phenoxy) is 1. The Hall–Kier alpha value is -2.67. The molecule has 0 heterocycles. The molecular weight excluding hydrogens is 245 g/mol. The van der Waals surface area contributed by atoms with E-state index in [1.165, 1.54) is 12.1 Å². The summed E-state index contributed by atoms with van der Waals surface area (Å²) in [4.78, 5) is 10.9. The highest BCUT2D eigenvalue weighted by Gasteiger charge is 2.07. The van der Waals surface area contributed by atoms with Crippen molar-refractivity contribution in [1.82, 2.24) is 0 Å². The van der Waals surface area contributed by atoms with Crippen molar-refractivity contribution in [2.75, 3.05) is 0 Å². The predicted molar refractivity (Wildman–Crippen MR) is 67.8 cm³/mol. The summed E-state index contributed by atoms with van der Waals surface area (Å²) < 4.78 is 18.9. The second-order valence-corrected chi connectivity index (χ2v) is 4.01. The van der Waals surface area contributed by atoms with Crippen molar-refractivity contribution >= 4 is 6.29 Å². The maximum absolute atomic E-state index is 13.4. The third-order valence-corrected chi connectivity index (χ3v) is 2.58. The zero-order chi connectivity index (χ0) is 13.8. The zero-order valence-corrected chi connectivity index (χ0v) is 10.2. The van der Waals surface area contributed by atoms with Gasteiger partial charge in [0.25, 0.3) is 0 Å². The molecule has 2 rings (SSSR count). The molecule has 0 saturated carbocycles. The van der Waals surface area contributed by atoms with E-state index in [2.05, 4.69) is 0 Å². The number of aldehydes is 1. The maximum atomic E-state index is 13.4.